The van der Waals surface area contributed by atoms with Crippen molar-refractivity contribution in [2.45, 2.75) is 32.7 Å². The van der Waals surface area contributed by atoms with Gasteiger partial charge in [0.05, 0.1) is 17.4 Å². The first kappa shape index (κ1) is 15.4. The van der Waals surface area contributed by atoms with Gasteiger partial charge < -0.3 is 10.6 Å². The quantitative estimate of drug-likeness (QED) is 0.780. The second kappa shape index (κ2) is 6.02. The van der Waals surface area contributed by atoms with Gasteiger partial charge in [0.2, 0.25) is 5.91 Å². The highest BCUT2D eigenvalue weighted by Gasteiger charge is 2.34. The van der Waals surface area contributed by atoms with Crippen molar-refractivity contribution >= 4 is 15.7 Å². The molecule has 0 aliphatic carbocycles. The van der Waals surface area contributed by atoms with E-state index in [0.29, 0.717) is 18.9 Å². The van der Waals surface area contributed by atoms with Crippen LogP contribution < -0.4 is 5.73 Å². The molecule has 2 unspecified atom stereocenters. The third kappa shape index (κ3) is 4.24. The third-order valence-electron chi connectivity index (χ3n) is 3.61. The molecule has 1 saturated heterocycles. The topological polar surface area (TPSA) is 80.5 Å². The van der Waals surface area contributed by atoms with Gasteiger partial charge in [-0.15, -0.1) is 0 Å². The van der Waals surface area contributed by atoms with Crippen molar-refractivity contribution in [1.82, 2.24) is 4.90 Å². The van der Waals surface area contributed by atoms with Crippen LogP contribution in [0.5, 0.6) is 0 Å². The van der Waals surface area contributed by atoms with E-state index in [0.717, 1.165) is 6.42 Å². The summed E-state index contributed by atoms with van der Waals surface area (Å²) in [6.45, 7) is 4.70. The van der Waals surface area contributed by atoms with Gasteiger partial charge in [0.25, 0.3) is 0 Å². The number of amides is 1. The third-order valence-corrected chi connectivity index (χ3v) is 5.38. The Morgan fingerprint density at radius 3 is 2.50 bits per heavy atom. The molecule has 1 fully saturated rings. The van der Waals surface area contributed by atoms with Crippen molar-refractivity contribution in [3.8, 4) is 0 Å². The van der Waals surface area contributed by atoms with Crippen molar-refractivity contribution < 1.29 is 13.2 Å². The molecule has 106 valence electrons. The van der Waals surface area contributed by atoms with Gasteiger partial charge in [0.15, 0.2) is 9.84 Å². The number of nitrogens with two attached hydrogens (primary N) is 1. The van der Waals surface area contributed by atoms with Crippen molar-refractivity contribution in [2.24, 2.45) is 17.6 Å². The van der Waals surface area contributed by atoms with Crippen molar-refractivity contribution in [3.05, 3.63) is 0 Å². The number of sulfone groups is 1. The van der Waals surface area contributed by atoms with Crippen LogP contribution in [0.15, 0.2) is 0 Å². The zero-order valence-electron chi connectivity index (χ0n) is 11.4. The van der Waals surface area contributed by atoms with E-state index in [-0.39, 0.29) is 29.4 Å². The van der Waals surface area contributed by atoms with E-state index < -0.39 is 9.84 Å². The molecule has 1 heterocycles. The number of nitrogens with zero attached hydrogens (tertiary/aromatic N) is 1. The van der Waals surface area contributed by atoms with Crippen LogP contribution in [0.1, 0.15) is 26.7 Å². The Morgan fingerprint density at radius 1 is 1.44 bits per heavy atom. The molecule has 0 aromatic rings. The molecule has 1 aliphatic heterocycles. The number of hydrogen-bond acceptors (Lipinski definition) is 4. The van der Waals surface area contributed by atoms with Crippen molar-refractivity contribution in [2.75, 3.05) is 25.1 Å². The van der Waals surface area contributed by atoms with E-state index in [1.165, 1.54) is 0 Å². The summed E-state index contributed by atoms with van der Waals surface area (Å²) in [7, 11) is -1.27. The molecule has 0 spiro atoms. The lowest BCUT2D eigenvalue weighted by atomic mass is 10.0. The first-order valence-electron chi connectivity index (χ1n) is 6.44. The minimum absolute atomic E-state index is 0.00636. The van der Waals surface area contributed by atoms with E-state index in [2.05, 4.69) is 13.8 Å². The summed E-state index contributed by atoms with van der Waals surface area (Å²) in [6, 6.07) is 0.0764. The predicted octanol–water partition coefficient (Wildman–Crippen LogP) is 0.253. The zero-order valence-corrected chi connectivity index (χ0v) is 12.2. The molecule has 0 radical (unpaired) electrons. The molecule has 0 aromatic heterocycles. The van der Waals surface area contributed by atoms with Crippen LogP contribution >= 0.6 is 0 Å². The molecule has 0 saturated carbocycles. The summed E-state index contributed by atoms with van der Waals surface area (Å²) >= 11 is 0. The van der Waals surface area contributed by atoms with E-state index in [1.54, 1.807) is 11.9 Å². The van der Waals surface area contributed by atoms with E-state index in [1.807, 2.05) is 0 Å². The highest BCUT2D eigenvalue weighted by atomic mass is 32.2. The molecular formula is C12H24N2O3S. The Balaban J connectivity index is 2.43. The lowest BCUT2D eigenvalue weighted by molar-refractivity contribution is -0.133. The fraction of sp³-hybridized carbons (Fsp3) is 0.917. The normalized spacial score (nSPS) is 24.2. The van der Waals surface area contributed by atoms with E-state index in [9.17, 15) is 13.2 Å². The van der Waals surface area contributed by atoms with Crippen LogP contribution in [0.4, 0.5) is 0 Å². The number of rotatable bonds is 5. The lowest BCUT2D eigenvalue weighted by Gasteiger charge is -2.23. The van der Waals surface area contributed by atoms with Gasteiger partial charge in [-0.05, 0) is 18.8 Å². The van der Waals surface area contributed by atoms with Crippen molar-refractivity contribution in [1.29, 1.82) is 0 Å². The summed E-state index contributed by atoms with van der Waals surface area (Å²) in [5.41, 5.74) is 5.93. The molecule has 18 heavy (non-hydrogen) atoms. The maximum Gasteiger partial charge on any atom is 0.226 e. The second-order valence-corrected chi connectivity index (χ2v) is 7.79. The number of carbonyl (C=O) groups excluding carboxylic acids is 1. The van der Waals surface area contributed by atoms with Crippen LogP contribution in [0.25, 0.3) is 0 Å². The molecule has 2 atom stereocenters. The van der Waals surface area contributed by atoms with Crippen LogP contribution in [0, 0.1) is 11.8 Å². The van der Waals surface area contributed by atoms with Gasteiger partial charge >= 0.3 is 0 Å². The maximum absolute atomic E-state index is 12.0. The highest BCUT2D eigenvalue weighted by molar-refractivity contribution is 7.91. The second-order valence-electron chi connectivity index (χ2n) is 5.56. The predicted molar refractivity (Wildman–Crippen MR) is 71.8 cm³/mol. The van der Waals surface area contributed by atoms with Crippen LogP contribution in [0.2, 0.25) is 0 Å². The smallest absolute Gasteiger partial charge is 0.226 e. The minimum Gasteiger partial charge on any atom is -0.345 e. The molecular weight excluding hydrogens is 252 g/mol. The molecule has 0 bridgehead atoms. The summed E-state index contributed by atoms with van der Waals surface area (Å²) in [5.74, 6) is 0.123. The molecule has 1 amide bonds. The first-order valence-corrected chi connectivity index (χ1v) is 8.26. The SMILES string of the molecule is CC(C)C(N)CCN(C)C(=O)C1CCS(=O)(=O)C1. The van der Waals surface area contributed by atoms with E-state index in [4.69, 9.17) is 5.73 Å². The molecule has 0 aromatic carbocycles. The van der Waals surface area contributed by atoms with Gasteiger partial charge in [-0.1, -0.05) is 13.8 Å². The Kier molecular flexibility index (Phi) is 5.16. The molecule has 6 heteroatoms. The number of carbonyl (C=O) groups is 1. The number of hydrogen-bond donors (Lipinski definition) is 1. The average molecular weight is 276 g/mol. The Hall–Kier alpha value is -0.620. The summed E-state index contributed by atoms with van der Waals surface area (Å²) in [5, 5.41) is 0. The molecule has 2 N–H and O–H groups in total. The van der Waals surface area contributed by atoms with Crippen LogP contribution in [-0.4, -0.2) is 50.4 Å². The van der Waals surface area contributed by atoms with Gasteiger partial charge in [0, 0.05) is 19.6 Å². The van der Waals surface area contributed by atoms with E-state index >= 15 is 0 Å². The fourth-order valence-electron chi connectivity index (χ4n) is 2.09. The van der Waals surface area contributed by atoms with Gasteiger partial charge in [-0.3, -0.25) is 4.79 Å². The fourth-order valence-corrected chi connectivity index (χ4v) is 3.82. The Bertz CT molecular complexity index is 392. The maximum atomic E-state index is 12.0. The van der Waals surface area contributed by atoms with Gasteiger partial charge in [-0.2, -0.15) is 0 Å². The average Bonchev–Trinajstić information content (AvgIpc) is 2.64. The first-order chi connectivity index (χ1) is 8.23. The molecule has 1 aliphatic rings. The highest BCUT2D eigenvalue weighted by Crippen LogP contribution is 2.20. The minimum atomic E-state index is -2.99. The Labute approximate surface area is 110 Å². The summed E-state index contributed by atoms with van der Waals surface area (Å²) in [6.07, 6.45) is 1.21. The monoisotopic (exact) mass is 276 g/mol. The van der Waals surface area contributed by atoms with Crippen molar-refractivity contribution in [3.63, 3.8) is 0 Å². The van der Waals surface area contributed by atoms with Crippen LogP contribution in [0.3, 0.4) is 0 Å². The standard InChI is InChI=1S/C12H24N2O3S/c1-9(2)11(13)4-6-14(3)12(15)10-5-7-18(16,17)8-10/h9-11H,4-8,13H2,1-3H3. The van der Waals surface area contributed by atoms with Gasteiger partial charge in [0.1, 0.15) is 0 Å². The molecule has 1 rings (SSSR count). The Morgan fingerprint density at radius 2 is 2.06 bits per heavy atom. The largest absolute Gasteiger partial charge is 0.345 e. The lowest BCUT2D eigenvalue weighted by Crippen LogP contribution is -2.38. The van der Waals surface area contributed by atoms with Crippen LogP contribution in [-0.2, 0) is 14.6 Å². The summed E-state index contributed by atoms with van der Waals surface area (Å²) in [4.78, 5) is 13.7. The summed E-state index contributed by atoms with van der Waals surface area (Å²) < 4.78 is 22.7. The molecule has 5 nitrogen and oxygen atoms in total. The van der Waals surface area contributed by atoms with Gasteiger partial charge in [-0.25, -0.2) is 8.42 Å². The zero-order chi connectivity index (χ0) is 13.9.